The van der Waals surface area contributed by atoms with E-state index in [4.69, 9.17) is 5.73 Å². The predicted octanol–water partition coefficient (Wildman–Crippen LogP) is 2.96. The average molecular weight is 408 g/mol. The van der Waals surface area contributed by atoms with Gasteiger partial charge in [-0.1, -0.05) is 26.2 Å². The number of hydrogen-bond acceptors (Lipinski definition) is 2. The lowest BCUT2D eigenvalue weighted by molar-refractivity contribution is 0.150. The van der Waals surface area contributed by atoms with Gasteiger partial charge in [-0.25, -0.2) is 0 Å². The molecule has 0 aromatic heterocycles. The second-order valence-corrected chi connectivity index (χ2v) is 6.77. The summed E-state index contributed by atoms with van der Waals surface area (Å²) in [5.74, 6) is 1.54. The first kappa shape index (κ1) is 19.0. The van der Waals surface area contributed by atoms with E-state index < -0.39 is 0 Å². The molecular weight excluding hydrogens is 375 g/mol. The summed E-state index contributed by atoms with van der Waals surface area (Å²) in [5, 5.41) is 3.39. The first-order chi connectivity index (χ1) is 9.65. The molecule has 2 fully saturated rings. The fraction of sp³-hybridized carbons (Fsp3) is 0.938. The van der Waals surface area contributed by atoms with E-state index in [0.29, 0.717) is 18.0 Å². The summed E-state index contributed by atoms with van der Waals surface area (Å²) in [6, 6.07) is 1.06. The Morgan fingerprint density at radius 2 is 1.81 bits per heavy atom. The maximum Gasteiger partial charge on any atom is 0.188 e. The van der Waals surface area contributed by atoms with Gasteiger partial charge in [0, 0.05) is 12.1 Å². The number of likely N-dealkylation sites (tertiary alicyclic amines) is 1. The minimum absolute atomic E-state index is 0. The van der Waals surface area contributed by atoms with Crippen LogP contribution in [0.15, 0.2) is 4.99 Å². The molecule has 124 valence electrons. The number of guanidine groups is 1. The standard InChI is InChI=1S/C16H32N4.HI/c1-13-8-10-20(11-9-13)14(2)12-18-16(17)19-15-6-4-3-5-7-15;/h13-15H,3-12H2,1-2H3,(H3,17,18,19);1H. The Bertz CT molecular complexity index is 307. The molecule has 0 aromatic rings. The van der Waals surface area contributed by atoms with Crippen molar-refractivity contribution in [2.45, 2.75) is 70.9 Å². The topological polar surface area (TPSA) is 53.6 Å². The highest BCUT2D eigenvalue weighted by Gasteiger charge is 2.20. The Morgan fingerprint density at radius 1 is 1.19 bits per heavy atom. The predicted molar refractivity (Wildman–Crippen MR) is 101 cm³/mol. The van der Waals surface area contributed by atoms with Crippen molar-refractivity contribution >= 4 is 29.9 Å². The molecule has 21 heavy (non-hydrogen) atoms. The lowest BCUT2D eigenvalue weighted by Gasteiger charge is -2.34. The smallest absolute Gasteiger partial charge is 0.188 e. The van der Waals surface area contributed by atoms with Crippen molar-refractivity contribution in [2.75, 3.05) is 19.6 Å². The molecule has 1 atom stereocenters. The van der Waals surface area contributed by atoms with Crippen LogP contribution < -0.4 is 11.1 Å². The van der Waals surface area contributed by atoms with Crippen LogP contribution >= 0.6 is 24.0 Å². The molecule has 0 radical (unpaired) electrons. The molecule has 0 aromatic carbocycles. The number of rotatable bonds is 4. The van der Waals surface area contributed by atoms with Crippen molar-refractivity contribution in [1.82, 2.24) is 10.2 Å². The van der Waals surface area contributed by atoms with E-state index in [1.165, 1.54) is 58.0 Å². The Kier molecular flexibility index (Phi) is 8.94. The monoisotopic (exact) mass is 408 g/mol. The molecule has 1 heterocycles. The third-order valence-electron chi connectivity index (χ3n) is 4.92. The van der Waals surface area contributed by atoms with Crippen molar-refractivity contribution in [3.05, 3.63) is 0 Å². The third-order valence-corrected chi connectivity index (χ3v) is 4.92. The zero-order valence-corrected chi connectivity index (χ0v) is 16.0. The minimum atomic E-state index is 0. The van der Waals surface area contributed by atoms with E-state index in [-0.39, 0.29) is 24.0 Å². The summed E-state index contributed by atoms with van der Waals surface area (Å²) in [5.41, 5.74) is 6.02. The van der Waals surface area contributed by atoms with Crippen LogP contribution in [-0.2, 0) is 0 Å². The van der Waals surface area contributed by atoms with Gasteiger partial charge in [0.25, 0.3) is 0 Å². The van der Waals surface area contributed by atoms with Crippen molar-refractivity contribution < 1.29 is 0 Å². The molecule has 1 saturated carbocycles. The van der Waals surface area contributed by atoms with Gasteiger partial charge in [-0.05, 0) is 51.6 Å². The van der Waals surface area contributed by atoms with Gasteiger partial charge in [-0.3, -0.25) is 9.89 Å². The van der Waals surface area contributed by atoms with Crippen molar-refractivity contribution in [2.24, 2.45) is 16.6 Å². The number of piperidine rings is 1. The summed E-state index contributed by atoms with van der Waals surface area (Å²) in [7, 11) is 0. The van der Waals surface area contributed by atoms with Crippen LogP contribution in [0.3, 0.4) is 0 Å². The van der Waals surface area contributed by atoms with E-state index in [1.54, 1.807) is 0 Å². The van der Waals surface area contributed by atoms with Crippen LogP contribution in [0.2, 0.25) is 0 Å². The quantitative estimate of drug-likeness (QED) is 0.427. The Balaban J connectivity index is 0.00000220. The van der Waals surface area contributed by atoms with Crippen molar-refractivity contribution in [3.8, 4) is 0 Å². The molecule has 5 heteroatoms. The molecule has 0 spiro atoms. The molecule has 3 N–H and O–H groups in total. The van der Waals surface area contributed by atoms with Gasteiger partial charge in [0.1, 0.15) is 0 Å². The SMILES string of the molecule is CC1CCN(C(C)CN=C(N)NC2CCCCC2)CC1.I. The molecule has 1 aliphatic heterocycles. The Hall–Kier alpha value is -0.0400. The van der Waals surface area contributed by atoms with E-state index >= 15 is 0 Å². The number of halogens is 1. The molecule has 0 amide bonds. The largest absolute Gasteiger partial charge is 0.370 e. The van der Waals surface area contributed by atoms with Gasteiger partial charge >= 0.3 is 0 Å². The van der Waals surface area contributed by atoms with Gasteiger partial charge in [-0.15, -0.1) is 24.0 Å². The zero-order chi connectivity index (χ0) is 14.4. The van der Waals surface area contributed by atoms with Crippen molar-refractivity contribution in [3.63, 3.8) is 0 Å². The summed E-state index contributed by atoms with van der Waals surface area (Å²) in [6.07, 6.45) is 9.17. The fourth-order valence-corrected chi connectivity index (χ4v) is 3.32. The second kappa shape index (κ2) is 9.87. The van der Waals surface area contributed by atoms with Crippen LogP contribution in [0.25, 0.3) is 0 Å². The van der Waals surface area contributed by atoms with Gasteiger partial charge in [-0.2, -0.15) is 0 Å². The van der Waals surface area contributed by atoms with Crippen LogP contribution in [0, 0.1) is 5.92 Å². The Labute approximate surface area is 147 Å². The maximum atomic E-state index is 6.02. The highest BCUT2D eigenvalue weighted by atomic mass is 127. The van der Waals surface area contributed by atoms with Crippen LogP contribution in [0.4, 0.5) is 0 Å². The molecule has 1 aliphatic carbocycles. The molecule has 4 nitrogen and oxygen atoms in total. The minimum Gasteiger partial charge on any atom is -0.370 e. The second-order valence-electron chi connectivity index (χ2n) is 6.77. The number of nitrogens with two attached hydrogens (primary N) is 1. The number of aliphatic imine (C=N–C) groups is 1. The van der Waals surface area contributed by atoms with Gasteiger partial charge in [0.15, 0.2) is 5.96 Å². The maximum absolute atomic E-state index is 6.02. The molecule has 2 rings (SSSR count). The molecule has 2 aliphatic rings. The molecule has 0 bridgehead atoms. The summed E-state index contributed by atoms with van der Waals surface area (Å²) in [4.78, 5) is 7.11. The summed E-state index contributed by atoms with van der Waals surface area (Å²) >= 11 is 0. The van der Waals surface area contributed by atoms with Crippen LogP contribution in [0.1, 0.15) is 58.8 Å². The van der Waals surface area contributed by atoms with Crippen molar-refractivity contribution in [1.29, 1.82) is 0 Å². The van der Waals surface area contributed by atoms with E-state index in [2.05, 4.69) is 29.1 Å². The third kappa shape index (κ3) is 6.72. The molecule has 1 unspecified atom stereocenters. The van der Waals surface area contributed by atoms with Crippen LogP contribution in [-0.4, -0.2) is 42.6 Å². The van der Waals surface area contributed by atoms with Gasteiger partial charge in [0.2, 0.25) is 0 Å². The molecule has 1 saturated heterocycles. The van der Waals surface area contributed by atoms with Crippen LogP contribution in [0.5, 0.6) is 0 Å². The van der Waals surface area contributed by atoms with Gasteiger partial charge < -0.3 is 11.1 Å². The fourth-order valence-electron chi connectivity index (χ4n) is 3.32. The van der Waals surface area contributed by atoms with E-state index in [9.17, 15) is 0 Å². The summed E-state index contributed by atoms with van der Waals surface area (Å²) in [6.45, 7) is 7.88. The van der Waals surface area contributed by atoms with E-state index in [1.807, 2.05) is 0 Å². The zero-order valence-electron chi connectivity index (χ0n) is 13.7. The number of nitrogens with zero attached hydrogens (tertiary/aromatic N) is 2. The van der Waals surface area contributed by atoms with E-state index in [0.717, 1.165) is 12.5 Å². The normalized spacial score (nSPS) is 24.4. The Morgan fingerprint density at radius 3 is 2.43 bits per heavy atom. The first-order valence-electron chi connectivity index (χ1n) is 8.45. The lowest BCUT2D eigenvalue weighted by atomic mass is 9.96. The highest BCUT2D eigenvalue weighted by molar-refractivity contribution is 14.0. The molecular formula is C16H33IN4. The average Bonchev–Trinajstić information content (AvgIpc) is 2.46. The number of hydrogen-bond donors (Lipinski definition) is 2. The lowest BCUT2D eigenvalue weighted by Crippen LogP contribution is -2.43. The van der Waals surface area contributed by atoms with Gasteiger partial charge in [0.05, 0.1) is 6.54 Å². The highest BCUT2D eigenvalue weighted by Crippen LogP contribution is 2.18. The summed E-state index contributed by atoms with van der Waals surface area (Å²) < 4.78 is 0. The number of nitrogens with one attached hydrogen (secondary N) is 1. The first-order valence-corrected chi connectivity index (χ1v) is 8.45.